The van der Waals surface area contributed by atoms with Crippen LogP contribution in [0.1, 0.15) is 41.5 Å². The van der Waals surface area contributed by atoms with Crippen LogP contribution in [-0.2, 0) is 45.4 Å². The van der Waals surface area contributed by atoms with E-state index in [4.69, 9.17) is 9.47 Å². The zero-order valence-corrected chi connectivity index (χ0v) is 28.5. The Bertz CT molecular complexity index is 1810. The molecule has 1 saturated carbocycles. The van der Waals surface area contributed by atoms with Gasteiger partial charge in [-0.25, -0.2) is 17.5 Å². The standard InChI is InChI=1S/C38H42FN3O6S/c1-47-35-20-12-29(25-36(35)48-2)22-23-40-38(44)34(24-28-6-4-3-5-7-28)42(26-30-8-14-31(39)15-9-30)37(43)21-13-27-10-18-33(19-11-27)49(45,46)41-32-16-17-32/h3-12,14-15,18-20,25,32,34,41H,13,16-17,21-24,26H2,1-2H3,(H,40,44)/t34-/m1/s1. The maximum Gasteiger partial charge on any atom is 0.243 e. The molecule has 11 heteroatoms. The van der Waals surface area contributed by atoms with Crippen molar-refractivity contribution in [2.24, 2.45) is 0 Å². The average molecular weight is 688 g/mol. The zero-order chi connectivity index (χ0) is 34.8. The van der Waals surface area contributed by atoms with Crippen molar-refractivity contribution in [3.8, 4) is 11.5 Å². The lowest BCUT2D eigenvalue weighted by molar-refractivity contribution is -0.141. The molecule has 1 aliphatic rings. The molecule has 0 spiro atoms. The number of methoxy groups -OCH3 is 2. The number of amides is 2. The second-order valence-corrected chi connectivity index (χ2v) is 13.8. The number of nitrogens with one attached hydrogen (secondary N) is 2. The molecule has 9 nitrogen and oxygen atoms in total. The first kappa shape index (κ1) is 35.6. The van der Waals surface area contributed by atoms with Crippen LogP contribution in [0, 0.1) is 5.82 Å². The molecule has 0 aliphatic heterocycles. The normalized spacial score (nSPS) is 13.4. The number of sulfonamides is 1. The van der Waals surface area contributed by atoms with Crippen molar-refractivity contribution < 1.29 is 31.9 Å². The number of hydrogen-bond donors (Lipinski definition) is 2. The van der Waals surface area contributed by atoms with Crippen molar-refractivity contribution in [3.05, 3.63) is 125 Å². The van der Waals surface area contributed by atoms with Crippen LogP contribution >= 0.6 is 0 Å². The Balaban J connectivity index is 1.34. The fraction of sp³-hybridized carbons (Fsp3) is 0.316. The van der Waals surface area contributed by atoms with E-state index in [0.29, 0.717) is 36.4 Å². The second kappa shape index (κ2) is 16.6. The van der Waals surface area contributed by atoms with Crippen LogP contribution in [0.25, 0.3) is 0 Å². The Labute approximate surface area is 287 Å². The van der Waals surface area contributed by atoms with Gasteiger partial charge >= 0.3 is 0 Å². The Morgan fingerprint density at radius 1 is 0.816 bits per heavy atom. The van der Waals surface area contributed by atoms with Crippen molar-refractivity contribution in [1.82, 2.24) is 14.9 Å². The van der Waals surface area contributed by atoms with Crippen LogP contribution in [0.5, 0.6) is 11.5 Å². The second-order valence-electron chi connectivity index (χ2n) is 12.1. The number of benzene rings is 4. The van der Waals surface area contributed by atoms with Gasteiger partial charge in [-0.2, -0.15) is 0 Å². The number of ether oxygens (including phenoxy) is 2. The third kappa shape index (κ3) is 10.1. The summed E-state index contributed by atoms with van der Waals surface area (Å²) in [6, 6.07) is 26.6. The van der Waals surface area contributed by atoms with Gasteiger partial charge in [-0.05, 0) is 84.3 Å². The molecule has 1 fully saturated rings. The van der Waals surface area contributed by atoms with E-state index in [0.717, 1.165) is 29.5 Å². The van der Waals surface area contributed by atoms with Crippen LogP contribution in [0.4, 0.5) is 4.39 Å². The van der Waals surface area contributed by atoms with Gasteiger partial charge in [0.15, 0.2) is 11.5 Å². The van der Waals surface area contributed by atoms with Gasteiger partial charge in [0.25, 0.3) is 0 Å². The smallest absolute Gasteiger partial charge is 0.243 e. The highest BCUT2D eigenvalue weighted by molar-refractivity contribution is 7.89. The molecule has 0 bridgehead atoms. The molecule has 0 aromatic heterocycles. The first-order valence-corrected chi connectivity index (χ1v) is 17.8. The third-order valence-corrected chi connectivity index (χ3v) is 9.99. The molecule has 0 unspecified atom stereocenters. The number of nitrogens with zero attached hydrogens (tertiary/aromatic N) is 1. The minimum atomic E-state index is -3.59. The van der Waals surface area contributed by atoms with E-state index >= 15 is 0 Å². The molecule has 4 aromatic rings. The Hall–Kier alpha value is -4.74. The van der Waals surface area contributed by atoms with Gasteiger partial charge in [0.05, 0.1) is 19.1 Å². The highest BCUT2D eigenvalue weighted by atomic mass is 32.2. The average Bonchev–Trinajstić information content (AvgIpc) is 3.93. The summed E-state index contributed by atoms with van der Waals surface area (Å²) in [4.78, 5) is 29.8. The summed E-state index contributed by atoms with van der Waals surface area (Å²) < 4.78 is 52.4. The largest absolute Gasteiger partial charge is 0.493 e. The predicted molar refractivity (Wildman–Crippen MR) is 185 cm³/mol. The zero-order valence-electron chi connectivity index (χ0n) is 27.7. The summed E-state index contributed by atoms with van der Waals surface area (Å²) in [7, 11) is -0.451. The SMILES string of the molecule is COc1ccc(CCNC(=O)[C@@H](Cc2ccccc2)N(Cc2ccc(F)cc2)C(=O)CCc2ccc(S(=O)(=O)NC3CC3)cc2)cc1OC. The lowest BCUT2D eigenvalue weighted by Crippen LogP contribution is -2.50. The molecule has 49 heavy (non-hydrogen) atoms. The molecule has 1 atom stereocenters. The molecule has 0 saturated heterocycles. The van der Waals surface area contributed by atoms with Gasteiger partial charge < -0.3 is 19.7 Å². The van der Waals surface area contributed by atoms with Crippen molar-refractivity contribution >= 4 is 21.8 Å². The summed E-state index contributed by atoms with van der Waals surface area (Å²) in [5.41, 5.74) is 3.30. The van der Waals surface area contributed by atoms with E-state index in [1.165, 1.54) is 12.1 Å². The molecular weight excluding hydrogens is 645 g/mol. The van der Waals surface area contributed by atoms with Gasteiger partial charge in [0.1, 0.15) is 11.9 Å². The lowest BCUT2D eigenvalue weighted by atomic mass is 10.0. The van der Waals surface area contributed by atoms with E-state index in [9.17, 15) is 22.4 Å². The van der Waals surface area contributed by atoms with Crippen LogP contribution < -0.4 is 19.5 Å². The van der Waals surface area contributed by atoms with Crippen molar-refractivity contribution in [2.75, 3.05) is 20.8 Å². The molecule has 0 heterocycles. The van der Waals surface area contributed by atoms with Gasteiger partial charge in [-0.15, -0.1) is 0 Å². The molecule has 1 aliphatic carbocycles. The summed E-state index contributed by atoms with van der Waals surface area (Å²) in [5, 5.41) is 3.03. The fourth-order valence-corrected chi connectivity index (χ4v) is 6.85. The van der Waals surface area contributed by atoms with E-state index in [-0.39, 0.29) is 42.1 Å². The highest BCUT2D eigenvalue weighted by Gasteiger charge is 2.31. The molecular formula is C38H42FN3O6S. The summed E-state index contributed by atoms with van der Waals surface area (Å²) in [5.74, 6) is 0.244. The highest BCUT2D eigenvalue weighted by Crippen LogP contribution is 2.28. The molecule has 5 rings (SSSR count). The number of hydrogen-bond acceptors (Lipinski definition) is 6. The monoisotopic (exact) mass is 687 g/mol. The van der Waals surface area contributed by atoms with Gasteiger partial charge in [-0.1, -0.05) is 60.7 Å². The minimum Gasteiger partial charge on any atom is -0.493 e. The van der Waals surface area contributed by atoms with Gasteiger partial charge in [0.2, 0.25) is 21.8 Å². The van der Waals surface area contributed by atoms with E-state index < -0.39 is 21.9 Å². The third-order valence-electron chi connectivity index (χ3n) is 8.46. The van der Waals surface area contributed by atoms with Crippen molar-refractivity contribution in [1.29, 1.82) is 0 Å². The number of carbonyl (C=O) groups is 2. The maximum atomic E-state index is 14.0. The molecule has 258 valence electrons. The minimum absolute atomic E-state index is 0.00128. The first-order valence-electron chi connectivity index (χ1n) is 16.3. The number of aryl methyl sites for hydroxylation is 1. The summed E-state index contributed by atoms with van der Waals surface area (Å²) >= 11 is 0. The number of halogens is 1. The van der Waals surface area contributed by atoms with Gasteiger partial charge in [-0.3, -0.25) is 9.59 Å². The summed E-state index contributed by atoms with van der Waals surface area (Å²) in [6.45, 7) is 0.423. The van der Waals surface area contributed by atoms with Crippen molar-refractivity contribution in [3.63, 3.8) is 0 Å². The lowest BCUT2D eigenvalue weighted by Gasteiger charge is -2.32. The predicted octanol–water partition coefficient (Wildman–Crippen LogP) is 5.22. The summed E-state index contributed by atoms with van der Waals surface area (Å²) in [6.07, 6.45) is 2.91. The number of rotatable bonds is 17. The molecule has 2 N–H and O–H groups in total. The quantitative estimate of drug-likeness (QED) is 0.158. The topological polar surface area (TPSA) is 114 Å². The van der Waals surface area contributed by atoms with Gasteiger partial charge in [0, 0.05) is 32.0 Å². The van der Waals surface area contributed by atoms with E-state index in [2.05, 4.69) is 10.0 Å². The van der Waals surface area contributed by atoms with E-state index in [1.54, 1.807) is 55.5 Å². The molecule has 4 aromatic carbocycles. The Morgan fingerprint density at radius 2 is 1.47 bits per heavy atom. The van der Waals surface area contributed by atoms with Crippen LogP contribution in [0.2, 0.25) is 0 Å². The van der Waals surface area contributed by atoms with Crippen molar-refractivity contribution in [2.45, 2.75) is 62.0 Å². The van der Waals surface area contributed by atoms with Crippen LogP contribution in [0.15, 0.2) is 102 Å². The maximum absolute atomic E-state index is 14.0. The Morgan fingerprint density at radius 3 is 2.12 bits per heavy atom. The molecule has 2 amide bonds. The van der Waals surface area contributed by atoms with Crippen LogP contribution in [-0.4, -0.2) is 58.0 Å². The molecule has 0 radical (unpaired) electrons. The van der Waals surface area contributed by atoms with Crippen LogP contribution in [0.3, 0.4) is 0 Å². The first-order chi connectivity index (χ1) is 23.6. The Kier molecular flexibility index (Phi) is 12.0. The fourth-order valence-electron chi connectivity index (χ4n) is 5.54. The van der Waals surface area contributed by atoms with E-state index in [1.807, 2.05) is 48.5 Å². The number of carbonyl (C=O) groups excluding carboxylic acids is 2.